The van der Waals surface area contributed by atoms with Crippen molar-refractivity contribution in [2.75, 3.05) is 0 Å². The van der Waals surface area contributed by atoms with Crippen molar-refractivity contribution in [3.63, 3.8) is 0 Å². The molecule has 2 amide bonds. The minimum atomic E-state index is -0.182. The van der Waals surface area contributed by atoms with Crippen LogP contribution in [0.25, 0.3) is 0 Å². The Bertz CT molecular complexity index is 523. The number of hydrogen-bond donors (Lipinski definition) is 1. The third kappa shape index (κ3) is 2.64. The minimum absolute atomic E-state index is 0.0764. The molecule has 1 aromatic heterocycles. The van der Waals surface area contributed by atoms with E-state index in [0.717, 1.165) is 23.0 Å². The van der Waals surface area contributed by atoms with E-state index >= 15 is 0 Å². The van der Waals surface area contributed by atoms with Crippen LogP contribution in [-0.2, 0) is 9.59 Å². The van der Waals surface area contributed by atoms with Crippen molar-refractivity contribution < 1.29 is 9.59 Å². The fraction of sp³-hybridized carbons (Fsp3) is 0.533. The fourth-order valence-corrected chi connectivity index (χ4v) is 3.77. The molecule has 3 rings (SSSR count). The Morgan fingerprint density at radius 3 is 2.60 bits per heavy atom. The number of carbonyl (C=O) groups excluding carboxylic acids is 2. The molecule has 1 saturated heterocycles. The van der Waals surface area contributed by atoms with Gasteiger partial charge in [0.1, 0.15) is 0 Å². The molecule has 106 valence electrons. The quantitative estimate of drug-likeness (QED) is 0.845. The summed E-state index contributed by atoms with van der Waals surface area (Å²) in [5.74, 6) is -0.0864. The van der Waals surface area contributed by atoms with E-state index in [2.05, 4.69) is 26.2 Å². The second kappa shape index (κ2) is 5.64. The SMILES string of the molecule is O=C1CC(c2ccc(Br)cn2)C(C2CCCC2)C(=O)N1. The van der Waals surface area contributed by atoms with Crippen molar-refractivity contribution in [1.82, 2.24) is 10.3 Å². The predicted octanol–water partition coefficient (Wildman–Crippen LogP) is 2.78. The summed E-state index contributed by atoms with van der Waals surface area (Å²) in [6.07, 6.45) is 6.63. The van der Waals surface area contributed by atoms with Gasteiger partial charge in [-0.1, -0.05) is 12.8 Å². The van der Waals surface area contributed by atoms with E-state index in [4.69, 9.17) is 0 Å². The summed E-state index contributed by atoms with van der Waals surface area (Å²) in [4.78, 5) is 28.4. The first kappa shape index (κ1) is 13.7. The van der Waals surface area contributed by atoms with Crippen LogP contribution in [0.2, 0.25) is 0 Å². The van der Waals surface area contributed by atoms with Crippen LogP contribution in [0.15, 0.2) is 22.8 Å². The molecule has 0 aromatic carbocycles. The first-order chi connectivity index (χ1) is 9.65. The predicted molar refractivity (Wildman–Crippen MR) is 77.9 cm³/mol. The summed E-state index contributed by atoms with van der Waals surface area (Å²) < 4.78 is 0.908. The number of halogens is 1. The van der Waals surface area contributed by atoms with Crippen molar-refractivity contribution in [2.45, 2.75) is 38.0 Å². The number of nitrogens with one attached hydrogen (secondary N) is 1. The van der Waals surface area contributed by atoms with Crippen LogP contribution < -0.4 is 5.32 Å². The largest absolute Gasteiger partial charge is 0.296 e. The molecule has 0 bridgehead atoms. The number of rotatable bonds is 2. The number of imide groups is 1. The van der Waals surface area contributed by atoms with E-state index in [-0.39, 0.29) is 23.7 Å². The second-order valence-electron chi connectivity index (χ2n) is 5.69. The molecule has 1 aromatic rings. The lowest BCUT2D eigenvalue weighted by Crippen LogP contribution is -2.47. The zero-order valence-corrected chi connectivity index (χ0v) is 12.7. The standard InChI is InChI=1S/C15H17BrN2O2/c16-10-5-6-12(17-8-10)11-7-13(19)18-15(20)14(11)9-3-1-2-4-9/h5-6,8-9,11,14H,1-4,7H2,(H,18,19,20). The first-order valence-electron chi connectivity index (χ1n) is 7.10. The van der Waals surface area contributed by atoms with Crippen molar-refractivity contribution >= 4 is 27.7 Å². The van der Waals surface area contributed by atoms with Gasteiger partial charge in [0.2, 0.25) is 11.8 Å². The lowest BCUT2D eigenvalue weighted by Gasteiger charge is -2.33. The average molecular weight is 337 g/mol. The molecule has 2 fully saturated rings. The molecule has 1 aliphatic heterocycles. The third-order valence-electron chi connectivity index (χ3n) is 4.44. The Kier molecular flexibility index (Phi) is 3.87. The summed E-state index contributed by atoms with van der Waals surface area (Å²) in [5, 5.41) is 2.50. The number of hydrogen-bond acceptors (Lipinski definition) is 3. The van der Waals surface area contributed by atoms with Gasteiger partial charge in [0.05, 0.1) is 5.92 Å². The van der Waals surface area contributed by atoms with E-state index in [1.165, 1.54) is 12.8 Å². The van der Waals surface area contributed by atoms with Gasteiger partial charge in [0.15, 0.2) is 0 Å². The van der Waals surface area contributed by atoms with E-state index < -0.39 is 0 Å². The molecular formula is C15H17BrN2O2. The third-order valence-corrected chi connectivity index (χ3v) is 4.91. The molecule has 1 saturated carbocycles. The lowest BCUT2D eigenvalue weighted by atomic mass is 9.74. The van der Waals surface area contributed by atoms with Crippen molar-refractivity contribution in [3.8, 4) is 0 Å². The molecule has 20 heavy (non-hydrogen) atoms. The van der Waals surface area contributed by atoms with Gasteiger partial charge in [-0.15, -0.1) is 0 Å². The summed E-state index contributed by atoms with van der Waals surface area (Å²) in [6, 6.07) is 3.84. The maximum atomic E-state index is 12.3. The highest BCUT2D eigenvalue weighted by Crippen LogP contribution is 2.42. The topological polar surface area (TPSA) is 59.1 Å². The van der Waals surface area contributed by atoms with Gasteiger partial charge >= 0.3 is 0 Å². The van der Waals surface area contributed by atoms with Crippen LogP contribution in [0.5, 0.6) is 0 Å². The highest BCUT2D eigenvalue weighted by atomic mass is 79.9. The zero-order chi connectivity index (χ0) is 14.1. The van der Waals surface area contributed by atoms with Crippen LogP contribution in [-0.4, -0.2) is 16.8 Å². The molecule has 2 unspecified atom stereocenters. The van der Waals surface area contributed by atoms with Crippen LogP contribution in [0.1, 0.15) is 43.7 Å². The Morgan fingerprint density at radius 2 is 1.95 bits per heavy atom. The second-order valence-corrected chi connectivity index (χ2v) is 6.61. The van der Waals surface area contributed by atoms with Crippen molar-refractivity contribution in [3.05, 3.63) is 28.5 Å². The average Bonchev–Trinajstić information content (AvgIpc) is 2.92. The van der Waals surface area contributed by atoms with Gasteiger partial charge in [-0.25, -0.2) is 0 Å². The lowest BCUT2D eigenvalue weighted by molar-refractivity contribution is -0.138. The number of pyridine rings is 1. The van der Waals surface area contributed by atoms with Gasteiger partial charge in [-0.3, -0.25) is 19.9 Å². The number of amides is 2. The van der Waals surface area contributed by atoms with Crippen LogP contribution in [0.4, 0.5) is 0 Å². The van der Waals surface area contributed by atoms with E-state index in [1.54, 1.807) is 6.20 Å². The fourth-order valence-electron chi connectivity index (χ4n) is 3.54. The molecule has 2 atom stereocenters. The maximum absolute atomic E-state index is 12.3. The highest BCUT2D eigenvalue weighted by molar-refractivity contribution is 9.10. The minimum Gasteiger partial charge on any atom is -0.296 e. The van der Waals surface area contributed by atoms with Gasteiger partial charge < -0.3 is 0 Å². The molecule has 5 heteroatoms. The zero-order valence-electron chi connectivity index (χ0n) is 11.1. The Balaban J connectivity index is 1.92. The molecule has 4 nitrogen and oxygen atoms in total. The smallest absolute Gasteiger partial charge is 0.230 e. The first-order valence-corrected chi connectivity index (χ1v) is 7.89. The number of nitrogens with zero attached hydrogens (tertiary/aromatic N) is 1. The van der Waals surface area contributed by atoms with Crippen molar-refractivity contribution in [1.29, 1.82) is 0 Å². The normalized spacial score (nSPS) is 27.6. The number of carbonyl (C=O) groups is 2. The van der Waals surface area contributed by atoms with Crippen LogP contribution in [0, 0.1) is 11.8 Å². The van der Waals surface area contributed by atoms with Gasteiger partial charge in [-0.05, 0) is 46.8 Å². The van der Waals surface area contributed by atoms with Gasteiger partial charge in [-0.2, -0.15) is 0 Å². The summed E-state index contributed by atoms with van der Waals surface area (Å²) >= 11 is 3.37. The molecule has 0 radical (unpaired) electrons. The highest BCUT2D eigenvalue weighted by Gasteiger charge is 2.42. The molecule has 0 spiro atoms. The Morgan fingerprint density at radius 1 is 1.20 bits per heavy atom. The van der Waals surface area contributed by atoms with Crippen molar-refractivity contribution in [2.24, 2.45) is 11.8 Å². The summed E-state index contributed by atoms with van der Waals surface area (Å²) in [7, 11) is 0. The van der Waals surface area contributed by atoms with Gasteiger partial charge in [0.25, 0.3) is 0 Å². The molecular weight excluding hydrogens is 320 g/mol. The van der Waals surface area contributed by atoms with E-state index in [9.17, 15) is 9.59 Å². The monoisotopic (exact) mass is 336 g/mol. The molecule has 1 aliphatic carbocycles. The molecule has 2 aliphatic rings. The summed E-state index contributed by atoms with van der Waals surface area (Å²) in [6.45, 7) is 0. The Labute approximate surface area is 126 Å². The van der Waals surface area contributed by atoms with E-state index in [0.29, 0.717) is 12.3 Å². The van der Waals surface area contributed by atoms with Crippen LogP contribution in [0.3, 0.4) is 0 Å². The number of aromatic nitrogens is 1. The summed E-state index contributed by atoms with van der Waals surface area (Å²) in [5.41, 5.74) is 0.855. The molecule has 1 N–H and O–H groups in total. The van der Waals surface area contributed by atoms with Gasteiger partial charge in [0, 0.05) is 28.7 Å². The van der Waals surface area contributed by atoms with E-state index in [1.807, 2.05) is 12.1 Å². The number of piperidine rings is 1. The molecule has 2 heterocycles. The van der Waals surface area contributed by atoms with Crippen LogP contribution >= 0.6 is 15.9 Å². The maximum Gasteiger partial charge on any atom is 0.230 e. The Hall–Kier alpha value is -1.23.